The van der Waals surface area contributed by atoms with E-state index in [1.165, 1.54) is 0 Å². The second-order valence-electron chi connectivity index (χ2n) is 4.03. The van der Waals surface area contributed by atoms with Crippen molar-refractivity contribution >= 4 is 5.97 Å². The molecule has 14 heavy (non-hydrogen) atoms. The predicted molar refractivity (Wildman–Crippen MR) is 55.2 cm³/mol. The molecule has 0 aliphatic carbocycles. The summed E-state index contributed by atoms with van der Waals surface area (Å²) in [4.78, 5) is 10.3. The fourth-order valence-corrected chi connectivity index (χ4v) is 1.24. The number of carboxylic acid groups (broad SMARTS) is 1. The summed E-state index contributed by atoms with van der Waals surface area (Å²) in [6.45, 7) is 6.08. The predicted octanol–water partition coefficient (Wildman–Crippen LogP) is 0.846. The van der Waals surface area contributed by atoms with Gasteiger partial charge in [-0.3, -0.25) is 4.79 Å². The monoisotopic (exact) mass is 203 g/mol. The third kappa shape index (κ3) is 5.94. The quantitative estimate of drug-likeness (QED) is 0.573. The van der Waals surface area contributed by atoms with Crippen molar-refractivity contribution in [1.29, 1.82) is 0 Å². The number of aliphatic hydroxyl groups is 1. The zero-order valence-corrected chi connectivity index (χ0v) is 9.16. The van der Waals surface area contributed by atoms with E-state index in [9.17, 15) is 4.79 Å². The van der Waals surface area contributed by atoms with E-state index < -0.39 is 5.97 Å². The van der Waals surface area contributed by atoms with E-state index in [-0.39, 0.29) is 25.1 Å². The van der Waals surface area contributed by atoms with Gasteiger partial charge in [-0.05, 0) is 19.3 Å². The Morgan fingerprint density at radius 3 is 2.29 bits per heavy atom. The highest BCUT2D eigenvalue weighted by Crippen LogP contribution is 2.04. The van der Waals surface area contributed by atoms with Crippen molar-refractivity contribution in [2.24, 2.45) is 5.92 Å². The minimum absolute atomic E-state index is 0.0544. The Balaban J connectivity index is 3.78. The van der Waals surface area contributed by atoms with Crippen LogP contribution in [0.25, 0.3) is 0 Å². The number of carboxylic acids is 1. The van der Waals surface area contributed by atoms with Crippen LogP contribution in [0.4, 0.5) is 0 Å². The summed E-state index contributed by atoms with van der Waals surface area (Å²) in [6.07, 6.45) is 0.767. The highest BCUT2D eigenvalue weighted by molar-refractivity contribution is 5.66. The normalized spacial score (nSPS) is 15.5. The zero-order chi connectivity index (χ0) is 11.1. The molecule has 0 saturated heterocycles. The summed E-state index contributed by atoms with van der Waals surface area (Å²) in [5.41, 5.74) is 0. The third-order valence-corrected chi connectivity index (χ3v) is 2.29. The minimum atomic E-state index is -0.774. The molecule has 0 aromatic rings. The average molecular weight is 203 g/mol. The molecular weight excluding hydrogens is 182 g/mol. The summed E-state index contributed by atoms with van der Waals surface area (Å²) in [6, 6.07) is 0.185. The summed E-state index contributed by atoms with van der Waals surface area (Å²) < 4.78 is 0. The zero-order valence-electron chi connectivity index (χ0n) is 9.16. The average Bonchev–Trinajstić information content (AvgIpc) is 2.10. The first-order valence-electron chi connectivity index (χ1n) is 5.06. The van der Waals surface area contributed by atoms with Crippen LogP contribution in [-0.2, 0) is 4.79 Å². The topological polar surface area (TPSA) is 69.6 Å². The Labute approximate surface area is 85.3 Å². The molecule has 0 radical (unpaired) electrons. The van der Waals surface area contributed by atoms with Gasteiger partial charge in [0.1, 0.15) is 0 Å². The van der Waals surface area contributed by atoms with E-state index in [0.717, 1.165) is 0 Å². The molecule has 0 aliphatic rings. The van der Waals surface area contributed by atoms with Gasteiger partial charge in [0, 0.05) is 18.5 Å². The van der Waals surface area contributed by atoms with Crippen LogP contribution in [0.5, 0.6) is 0 Å². The fraction of sp³-hybridized carbons (Fsp3) is 0.900. The van der Waals surface area contributed by atoms with Crippen LogP contribution in [0, 0.1) is 5.92 Å². The van der Waals surface area contributed by atoms with Crippen LogP contribution in [0.3, 0.4) is 0 Å². The molecule has 0 bridgehead atoms. The van der Waals surface area contributed by atoms with Crippen LogP contribution < -0.4 is 5.32 Å². The maximum Gasteiger partial charge on any atom is 0.303 e. The molecule has 3 N–H and O–H groups in total. The first-order valence-corrected chi connectivity index (χ1v) is 5.06. The molecule has 4 nitrogen and oxygen atoms in total. The maximum absolute atomic E-state index is 10.3. The van der Waals surface area contributed by atoms with Crippen LogP contribution in [0.15, 0.2) is 0 Å². The summed E-state index contributed by atoms with van der Waals surface area (Å²) >= 11 is 0. The molecule has 0 aromatic heterocycles. The molecule has 2 unspecified atom stereocenters. The Morgan fingerprint density at radius 2 is 1.93 bits per heavy atom. The van der Waals surface area contributed by atoms with Gasteiger partial charge in [0.05, 0.1) is 6.61 Å². The van der Waals surface area contributed by atoms with Gasteiger partial charge in [-0.15, -0.1) is 0 Å². The first kappa shape index (κ1) is 13.4. The maximum atomic E-state index is 10.3. The number of hydrogen-bond acceptors (Lipinski definition) is 3. The highest BCUT2D eigenvalue weighted by Gasteiger charge is 2.14. The Kier molecular flexibility index (Phi) is 6.49. The molecule has 0 saturated carbocycles. The molecule has 0 aromatic carbocycles. The van der Waals surface area contributed by atoms with E-state index in [1.54, 1.807) is 0 Å². The molecule has 0 aliphatic heterocycles. The second kappa shape index (κ2) is 6.79. The summed E-state index contributed by atoms with van der Waals surface area (Å²) in [7, 11) is 0. The molecule has 0 amide bonds. The van der Waals surface area contributed by atoms with E-state index in [2.05, 4.69) is 5.32 Å². The molecule has 2 atom stereocenters. The van der Waals surface area contributed by atoms with Crippen molar-refractivity contribution in [3.05, 3.63) is 0 Å². The number of rotatable bonds is 7. The number of hydrogen-bond donors (Lipinski definition) is 3. The van der Waals surface area contributed by atoms with Crippen molar-refractivity contribution in [2.45, 2.75) is 45.7 Å². The number of aliphatic hydroxyl groups excluding tert-OH is 1. The summed E-state index contributed by atoms with van der Waals surface area (Å²) in [5, 5.41) is 20.7. The SMILES string of the molecule is CC(CCC(=O)O)NC(CO)C(C)C. The van der Waals surface area contributed by atoms with Crippen molar-refractivity contribution in [3.8, 4) is 0 Å². The van der Waals surface area contributed by atoms with Gasteiger partial charge >= 0.3 is 5.97 Å². The molecule has 4 heteroatoms. The lowest BCUT2D eigenvalue weighted by atomic mass is 10.0. The van der Waals surface area contributed by atoms with Crippen molar-refractivity contribution < 1.29 is 15.0 Å². The fourth-order valence-electron chi connectivity index (χ4n) is 1.24. The van der Waals surface area contributed by atoms with Crippen LogP contribution in [0.2, 0.25) is 0 Å². The van der Waals surface area contributed by atoms with Gasteiger partial charge in [0.2, 0.25) is 0 Å². The minimum Gasteiger partial charge on any atom is -0.481 e. The van der Waals surface area contributed by atoms with Gasteiger partial charge in [-0.2, -0.15) is 0 Å². The largest absolute Gasteiger partial charge is 0.481 e. The van der Waals surface area contributed by atoms with Gasteiger partial charge in [0.15, 0.2) is 0 Å². The highest BCUT2D eigenvalue weighted by atomic mass is 16.4. The van der Waals surface area contributed by atoms with Gasteiger partial charge < -0.3 is 15.5 Å². The Bertz CT molecular complexity index is 171. The van der Waals surface area contributed by atoms with E-state index in [0.29, 0.717) is 12.3 Å². The van der Waals surface area contributed by atoms with Crippen molar-refractivity contribution in [2.75, 3.05) is 6.61 Å². The first-order chi connectivity index (χ1) is 6.47. The van der Waals surface area contributed by atoms with E-state index in [1.807, 2.05) is 20.8 Å². The van der Waals surface area contributed by atoms with Crippen LogP contribution >= 0.6 is 0 Å². The smallest absolute Gasteiger partial charge is 0.303 e. The molecular formula is C10H21NO3. The van der Waals surface area contributed by atoms with Crippen molar-refractivity contribution in [3.63, 3.8) is 0 Å². The Hall–Kier alpha value is -0.610. The van der Waals surface area contributed by atoms with E-state index >= 15 is 0 Å². The number of nitrogens with one attached hydrogen (secondary N) is 1. The number of carbonyl (C=O) groups is 1. The van der Waals surface area contributed by atoms with Gasteiger partial charge in [-0.1, -0.05) is 13.8 Å². The lowest BCUT2D eigenvalue weighted by Gasteiger charge is -2.24. The third-order valence-electron chi connectivity index (χ3n) is 2.29. The lowest BCUT2D eigenvalue weighted by molar-refractivity contribution is -0.137. The molecule has 0 fully saturated rings. The van der Waals surface area contributed by atoms with Crippen molar-refractivity contribution in [1.82, 2.24) is 5.32 Å². The standard InChI is InChI=1S/C10H21NO3/c1-7(2)9(6-12)11-8(3)4-5-10(13)14/h7-9,11-12H,4-6H2,1-3H3,(H,13,14). The van der Waals surface area contributed by atoms with Gasteiger partial charge in [0.25, 0.3) is 0 Å². The molecule has 0 rings (SSSR count). The molecule has 84 valence electrons. The number of aliphatic carboxylic acids is 1. The molecule has 0 heterocycles. The second-order valence-corrected chi connectivity index (χ2v) is 4.03. The summed E-state index contributed by atoms with van der Waals surface area (Å²) in [5.74, 6) is -0.420. The molecule has 0 spiro atoms. The lowest BCUT2D eigenvalue weighted by Crippen LogP contribution is -2.42. The van der Waals surface area contributed by atoms with E-state index in [4.69, 9.17) is 10.2 Å². The van der Waals surface area contributed by atoms with Crippen LogP contribution in [0.1, 0.15) is 33.6 Å². The van der Waals surface area contributed by atoms with Crippen LogP contribution in [-0.4, -0.2) is 34.9 Å². The Morgan fingerprint density at radius 1 is 1.36 bits per heavy atom. The van der Waals surface area contributed by atoms with Gasteiger partial charge in [-0.25, -0.2) is 0 Å².